The van der Waals surface area contributed by atoms with Crippen molar-refractivity contribution in [3.8, 4) is 0 Å². The molecule has 0 bridgehead atoms. The van der Waals surface area contributed by atoms with Crippen molar-refractivity contribution in [3.05, 3.63) is 101 Å². The zero-order valence-corrected chi connectivity index (χ0v) is 18.8. The zero-order valence-electron chi connectivity index (χ0n) is 18.8. The van der Waals surface area contributed by atoms with Gasteiger partial charge in [0.05, 0.1) is 11.3 Å². The molecule has 0 aromatic heterocycles. The summed E-state index contributed by atoms with van der Waals surface area (Å²) in [5.74, 6) is -0.934. The fraction of sp³-hybridized carbons (Fsp3) is 0.148. The van der Waals surface area contributed by atoms with Crippen molar-refractivity contribution in [1.29, 1.82) is 0 Å². The molecule has 166 valence electrons. The number of carbonyl (C=O) groups is 3. The van der Waals surface area contributed by atoms with Gasteiger partial charge in [-0.1, -0.05) is 60.2 Å². The predicted molar refractivity (Wildman–Crippen MR) is 129 cm³/mol. The Morgan fingerprint density at radius 2 is 1.52 bits per heavy atom. The fourth-order valence-electron chi connectivity index (χ4n) is 3.92. The van der Waals surface area contributed by atoms with Gasteiger partial charge in [-0.15, -0.1) is 0 Å². The van der Waals surface area contributed by atoms with Gasteiger partial charge in [-0.25, -0.2) is 4.90 Å². The van der Waals surface area contributed by atoms with Crippen LogP contribution in [0.5, 0.6) is 0 Å². The third kappa shape index (κ3) is 4.55. The van der Waals surface area contributed by atoms with Gasteiger partial charge in [0, 0.05) is 26.2 Å². The van der Waals surface area contributed by atoms with E-state index in [1.54, 1.807) is 24.3 Å². The first-order valence-electron chi connectivity index (χ1n) is 10.7. The molecule has 0 fully saturated rings. The largest absolute Gasteiger partial charge is 0.365 e. The number of benzene rings is 3. The third-order valence-electron chi connectivity index (χ3n) is 5.49. The van der Waals surface area contributed by atoms with Gasteiger partial charge < -0.3 is 10.2 Å². The number of anilines is 2. The molecule has 1 aliphatic rings. The van der Waals surface area contributed by atoms with Gasteiger partial charge in [0.2, 0.25) is 5.91 Å². The second-order valence-corrected chi connectivity index (χ2v) is 8.11. The smallest absolute Gasteiger partial charge is 0.282 e. The Hall–Kier alpha value is -4.19. The molecule has 3 amide bonds. The van der Waals surface area contributed by atoms with Crippen LogP contribution in [0, 0.1) is 6.92 Å². The van der Waals surface area contributed by atoms with Crippen molar-refractivity contribution in [1.82, 2.24) is 4.90 Å². The number of likely N-dealkylation sites (N-methyl/N-ethyl adjacent to an activating group) is 1. The summed E-state index contributed by atoms with van der Waals surface area (Å²) >= 11 is 0. The maximum atomic E-state index is 13.6. The molecule has 6 nitrogen and oxygen atoms in total. The molecular weight excluding hydrogens is 414 g/mol. The molecule has 3 aromatic rings. The van der Waals surface area contributed by atoms with E-state index < -0.39 is 0 Å². The minimum Gasteiger partial charge on any atom is -0.365 e. The van der Waals surface area contributed by atoms with Crippen LogP contribution in [0.4, 0.5) is 11.4 Å². The Labute approximate surface area is 193 Å². The highest BCUT2D eigenvalue weighted by Gasteiger charge is 2.41. The number of imide groups is 1. The monoisotopic (exact) mass is 439 g/mol. The van der Waals surface area contributed by atoms with E-state index >= 15 is 0 Å². The Morgan fingerprint density at radius 3 is 2.12 bits per heavy atom. The van der Waals surface area contributed by atoms with E-state index in [1.807, 2.05) is 73.5 Å². The summed E-state index contributed by atoms with van der Waals surface area (Å²) in [5, 5.41) is 2.69. The first kappa shape index (κ1) is 22.0. The molecule has 33 heavy (non-hydrogen) atoms. The lowest BCUT2D eigenvalue weighted by Crippen LogP contribution is -2.34. The molecule has 1 N–H and O–H groups in total. The van der Waals surface area contributed by atoms with Crippen molar-refractivity contribution in [3.63, 3.8) is 0 Å². The molecule has 0 radical (unpaired) electrons. The lowest BCUT2D eigenvalue weighted by molar-refractivity contribution is -0.120. The molecule has 4 rings (SSSR count). The van der Waals surface area contributed by atoms with Crippen LogP contribution < -0.4 is 10.2 Å². The standard InChI is InChI=1S/C27H25N3O3/c1-18-9-11-21(12-10-18)24-25(29(3)17-20-7-5-4-6-8-20)27(33)30(26(24)32)23-15-13-22(14-16-23)28-19(2)31/h4-16H,17H2,1-3H3,(H,28,31). The SMILES string of the molecule is CC(=O)Nc1ccc(N2C(=O)C(c3ccc(C)cc3)=C(N(C)Cc3ccccc3)C2=O)cc1. The Bertz CT molecular complexity index is 1230. The van der Waals surface area contributed by atoms with E-state index in [1.165, 1.54) is 11.8 Å². The van der Waals surface area contributed by atoms with Crippen molar-refractivity contribution in [2.24, 2.45) is 0 Å². The van der Waals surface area contributed by atoms with Gasteiger partial charge >= 0.3 is 0 Å². The fourth-order valence-corrected chi connectivity index (χ4v) is 3.92. The van der Waals surface area contributed by atoms with Crippen LogP contribution in [-0.4, -0.2) is 29.7 Å². The van der Waals surface area contributed by atoms with Gasteiger partial charge in [0.1, 0.15) is 5.70 Å². The van der Waals surface area contributed by atoms with Crippen molar-refractivity contribution in [2.45, 2.75) is 20.4 Å². The van der Waals surface area contributed by atoms with Crippen LogP contribution in [0.15, 0.2) is 84.6 Å². The molecule has 3 aromatic carbocycles. The van der Waals surface area contributed by atoms with Crippen molar-refractivity contribution in [2.75, 3.05) is 17.3 Å². The summed E-state index contributed by atoms with van der Waals surface area (Å²) in [5.41, 5.74) is 4.59. The van der Waals surface area contributed by atoms with Crippen molar-refractivity contribution < 1.29 is 14.4 Å². The van der Waals surface area contributed by atoms with Gasteiger partial charge in [0.15, 0.2) is 0 Å². The number of nitrogens with zero attached hydrogens (tertiary/aromatic N) is 2. The molecule has 6 heteroatoms. The average Bonchev–Trinajstić information content (AvgIpc) is 3.05. The van der Waals surface area contributed by atoms with Gasteiger partial charge in [-0.05, 0) is 42.3 Å². The van der Waals surface area contributed by atoms with Crippen LogP contribution in [0.1, 0.15) is 23.6 Å². The molecule has 0 saturated heterocycles. The van der Waals surface area contributed by atoms with Crippen LogP contribution in [-0.2, 0) is 20.9 Å². The normalized spacial score (nSPS) is 13.5. The van der Waals surface area contributed by atoms with Gasteiger partial charge in [-0.3, -0.25) is 14.4 Å². The maximum Gasteiger partial charge on any atom is 0.282 e. The number of hydrogen-bond acceptors (Lipinski definition) is 4. The molecule has 1 aliphatic heterocycles. The number of nitrogens with one attached hydrogen (secondary N) is 1. The molecule has 0 unspecified atom stereocenters. The molecule has 0 atom stereocenters. The third-order valence-corrected chi connectivity index (χ3v) is 5.49. The summed E-state index contributed by atoms with van der Waals surface area (Å²) in [4.78, 5) is 41.5. The molecule has 0 saturated carbocycles. The highest BCUT2D eigenvalue weighted by molar-refractivity contribution is 6.45. The van der Waals surface area contributed by atoms with E-state index in [0.29, 0.717) is 34.8 Å². The Morgan fingerprint density at radius 1 is 0.879 bits per heavy atom. The first-order chi connectivity index (χ1) is 15.8. The van der Waals surface area contributed by atoms with Crippen molar-refractivity contribution >= 4 is 34.7 Å². The van der Waals surface area contributed by atoms with E-state index in [0.717, 1.165) is 11.1 Å². The van der Waals surface area contributed by atoms with E-state index in [-0.39, 0.29) is 17.7 Å². The van der Waals surface area contributed by atoms with E-state index in [2.05, 4.69) is 5.32 Å². The number of amides is 3. The number of hydrogen-bond donors (Lipinski definition) is 1. The topological polar surface area (TPSA) is 69.7 Å². The molecular formula is C27H25N3O3. The lowest BCUT2D eigenvalue weighted by Gasteiger charge is -2.21. The minimum absolute atomic E-state index is 0.191. The summed E-state index contributed by atoms with van der Waals surface area (Å²) in [6.45, 7) is 3.89. The molecule has 0 spiro atoms. The molecule has 1 heterocycles. The van der Waals surface area contributed by atoms with E-state index in [9.17, 15) is 14.4 Å². The Kier molecular flexibility index (Phi) is 6.09. The zero-order chi connectivity index (χ0) is 23.5. The summed E-state index contributed by atoms with van der Waals surface area (Å²) < 4.78 is 0. The Balaban J connectivity index is 1.74. The molecule has 0 aliphatic carbocycles. The summed E-state index contributed by atoms with van der Waals surface area (Å²) in [6.07, 6.45) is 0. The van der Waals surface area contributed by atoms with Gasteiger partial charge in [-0.2, -0.15) is 0 Å². The van der Waals surface area contributed by atoms with Crippen LogP contribution >= 0.6 is 0 Å². The first-order valence-corrected chi connectivity index (χ1v) is 10.7. The van der Waals surface area contributed by atoms with Crippen LogP contribution in [0.2, 0.25) is 0 Å². The lowest BCUT2D eigenvalue weighted by atomic mass is 10.0. The van der Waals surface area contributed by atoms with Crippen LogP contribution in [0.25, 0.3) is 5.57 Å². The number of carbonyl (C=O) groups excluding carboxylic acids is 3. The average molecular weight is 440 g/mol. The summed E-state index contributed by atoms with van der Waals surface area (Å²) in [6, 6.07) is 24.1. The summed E-state index contributed by atoms with van der Waals surface area (Å²) in [7, 11) is 1.82. The van der Waals surface area contributed by atoms with Crippen LogP contribution in [0.3, 0.4) is 0 Å². The number of aryl methyl sites for hydroxylation is 1. The minimum atomic E-state index is -0.374. The van der Waals surface area contributed by atoms with Gasteiger partial charge in [0.25, 0.3) is 11.8 Å². The second kappa shape index (κ2) is 9.12. The number of rotatable bonds is 6. The second-order valence-electron chi connectivity index (χ2n) is 8.11. The van der Waals surface area contributed by atoms with E-state index in [4.69, 9.17) is 0 Å². The predicted octanol–water partition coefficient (Wildman–Crippen LogP) is 4.37. The highest BCUT2D eigenvalue weighted by Crippen LogP contribution is 2.35. The highest BCUT2D eigenvalue weighted by atomic mass is 16.2. The maximum absolute atomic E-state index is 13.6. The quantitative estimate of drug-likeness (QED) is 0.579.